The van der Waals surface area contributed by atoms with Gasteiger partial charge in [0.1, 0.15) is 0 Å². The summed E-state index contributed by atoms with van der Waals surface area (Å²) in [7, 11) is 0. The van der Waals surface area contributed by atoms with E-state index in [1.54, 1.807) is 0 Å². The molecule has 82 valence electrons. The summed E-state index contributed by atoms with van der Waals surface area (Å²) in [4.78, 5) is 0. The van der Waals surface area contributed by atoms with E-state index < -0.39 is 0 Å². The van der Waals surface area contributed by atoms with Crippen LogP contribution in [-0.2, 0) is 0 Å². The van der Waals surface area contributed by atoms with Crippen molar-refractivity contribution in [3.05, 3.63) is 0 Å². The zero-order chi connectivity index (χ0) is 10.2. The Kier molecular flexibility index (Phi) is 2.85. The Labute approximate surface area is 87.1 Å². The maximum atomic E-state index is 9.42. The van der Waals surface area contributed by atoms with Crippen LogP contribution in [0.5, 0.6) is 0 Å². The Hall–Kier alpha value is -0.0800. The Morgan fingerprint density at radius 3 is 2.71 bits per heavy atom. The lowest BCUT2D eigenvalue weighted by Gasteiger charge is -2.32. The van der Waals surface area contributed by atoms with Gasteiger partial charge in [-0.05, 0) is 38.5 Å². The molecular formula is C12H23NO. The first kappa shape index (κ1) is 10.4. The van der Waals surface area contributed by atoms with Gasteiger partial charge in [0.05, 0.1) is 0 Å². The molecule has 3 unspecified atom stereocenters. The number of hydrogen-bond donors (Lipinski definition) is 2. The number of aliphatic hydroxyl groups is 1. The highest BCUT2D eigenvalue weighted by atomic mass is 16.3. The van der Waals surface area contributed by atoms with Crippen LogP contribution in [0.25, 0.3) is 0 Å². The predicted octanol–water partition coefficient (Wildman–Crippen LogP) is 1.93. The first-order valence-electron chi connectivity index (χ1n) is 6.02. The summed E-state index contributed by atoms with van der Waals surface area (Å²) in [5.74, 6) is 0.915. The lowest BCUT2D eigenvalue weighted by atomic mass is 9.85. The molecule has 2 rings (SSSR count). The second-order valence-electron chi connectivity index (χ2n) is 5.55. The third-order valence-corrected chi connectivity index (χ3v) is 4.24. The molecule has 3 atom stereocenters. The molecule has 2 aliphatic rings. The van der Waals surface area contributed by atoms with Crippen molar-refractivity contribution >= 4 is 0 Å². The van der Waals surface area contributed by atoms with Crippen LogP contribution >= 0.6 is 0 Å². The van der Waals surface area contributed by atoms with Crippen molar-refractivity contribution in [1.82, 2.24) is 5.32 Å². The molecule has 0 bridgehead atoms. The van der Waals surface area contributed by atoms with Crippen LogP contribution in [-0.4, -0.2) is 23.8 Å². The van der Waals surface area contributed by atoms with Gasteiger partial charge in [0.25, 0.3) is 0 Å². The van der Waals surface area contributed by atoms with E-state index in [4.69, 9.17) is 0 Å². The highest BCUT2D eigenvalue weighted by Crippen LogP contribution is 2.39. The lowest BCUT2D eigenvalue weighted by Crippen LogP contribution is -2.46. The van der Waals surface area contributed by atoms with Gasteiger partial charge in [-0.1, -0.05) is 13.3 Å². The monoisotopic (exact) mass is 197 g/mol. The van der Waals surface area contributed by atoms with E-state index in [0.29, 0.717) is 18.7 Å². The fourth-order valence-corrected chi connectivity index (χ4v) is 2.76. The van der Waals surface area contributed by atoms with Gasteiger partial charge in [0, 0.05) is 24.1 Å². The van der Waals surface area contributed by atoms with Crippen molar-refractivity contribution in [1.29, 1.82) is 0 Å². The zero-order valence-corrected chi connectivity index (χ0v) is 9.42. The summed E-state index contributed by atoms with van der Waals surface area (Å²) in [5, 5.41) is 13.1. The van der Waals surface area contributed by atoms with Gasteiger partial charge in [0.2, 0.25) is 0 Å². The van der Waals surface area contributed by atoms with E-state index in [9.17, 15) is 5.11 Å². The van der Waals surface area contributed by atoms with Gasteiger partial charge >= 0.3 is 0 Å². The SMILES string of the molecule is CC(NC1CCCC1(C)CO)C1CC1. The van der Waals surface area contributed by atoms with Crippen LogP contribution in [0.3, 0.4) is 0 Å². The van der Waals surface area contributed by atoms with Crippen LogP contribution in [0.4, 0.5) is 0 Å². The second kappa shape index (κ2) is 3.82. The summed E-state index contributed by atoms with van der Waals surface area (Å²) in [5.41, 5.74) is 0.142. The Balaban J connectivity index is 1.89. The predicted molar refractivity (Wildman–Crippen MR) is 58.2 cm³/mol. The minimum atomic E-state index is 0.142. The zero-order valence-electron chi connectivity index (χ0n) is 9.42. The molecule has 0 spiro atoms. The average Bonchev–Trinajstić information content (AvgIpc) is 2.95. The van der Waals surface area contributed by atoms with E-state index in [-0.39, 0.29) is 5.41 Å². The largest absolute Gasteiger partial charge is 0.396 e. The maximum Gasteiger partial charge on any atom is 0.0499 e. The molecule has 2 N–H and O–H groups in total. The molecule has 2 saturated carbocycles. The van der Waals surface area contributed by atoms with Crippen LogP contribution in [0.1, 0.15) is 46.0 Å². The molecule has 0 heterocycles. The Morgan fingerprint density at radius 1 is 1.43 bits per heavy atom. The maximum absolute atomic E-state index is 9.42. The van der Waals surface area contributed by atoms with E-state index in [1.165, 1.54) is 32.1 Å². The first-order chi connectivity index (χ1) is 6.65. The number of aliphatic hydroxyl groups excluding tert-OH is 1. The molecule has 0 aliphatic heterocycles. The molecule has 0 amide bonds. The van der Waals surface area contributed by atoms with Crippen LogP contribution in [0.2, 0.25) is 0 Å². The smallest absolute Gasteiger partial charge is 0.0499 e. The summed E-state index contributed by atoms with van der Waals surface area (Å²) < 4.78 is 0. The molecule has 2 aliphatic carbocycles. The van der Waals surface area contributed by atoms with E-state index in [0.717, 1.165) is 5.92 Å². The summed E-state index contributed by atoms with van der Waals surface area (Å²) >= 11 is 0. The number of hydrogen-bond acceptors (Lipinski definition) is 2. The van der Waals surface area contributed by atoms with Crippen LogP contribution < -0.4 is 5.32 Å². The lowest BCUT2D eigenvalue weighted by molar-refractivity contribution is 0.113. The van der Waals surface area contributed by atoms with Crippen molar-refractivity contribution in [2.45, 2.75) is 58.0 Å². The Morgan fingerprint density at radius 2 is 2.14 bits per heavy atom. The highest BCUT2D eigenvalue weighted by molar-refractivity contribution is 4.96. The van der Waals surface area contributed by atoms with Crippen LogP contribution in [0.15, 0.2) is 0 Å². The minimum absolute atomic E-state index is 0.142. The van der Waals surface area contributed by atoms with Gasteiger partial charge in [0.15, 0.2) is 0 Å². The molecule has 2 heteroatoms. The van der Waals surface area contributed by atoms with Crippen molar-refractivity contribution < 1.29 is 5.11 Å². The minimum Gasteiger partial charge on any atom is -0.396 e. The van der Waals surface area contributed by atoms with Gasteiger partial charge < -0.3 is 10.4 Å². The van der Waals surface area contributed by atoms with Gasteiger partial charge in [-0.25, -0.2) is 0 Å². The molecule has 0 aromatic heterocycles. The quantitative estimate of drug-likeness (QED) is 0.721. The van der Waals surface area contributed by atoms with Gasteiger partial charge in [-0.2, -0.15) is 0 Å². The topological polar surface area (TPSA) is 32.3 Å². The Bertz CT molecular complexity index is 202. The van der Waals surface area contributed by atoms with Crippen molar-refractivity contribution in [2.75, 3.05) is 6.61 Å². The fourth-order valence-electron chi connectivity index (χ4n) is 2.76. The molecule has 0 saturated heterocycles. The molecular weight excluding hydrogens is 174 g/mol. The first-order valence-corrected chi connectivity index (χ1v) is 6.02. The third kappa shape index (κ3) is 1.96. The number of nitrogens with one attached hydrogen (secondary N) is 1. The van der Waals surface area contributed by atoms with Crippen LogP contribution in [0, 0.1) is 11.3 Å². The van der Waals surface area contributed by atoms with E-state index in [1.807, 2.05) is 0 Å². The standard InChI is InChI=1S/C12H23NO/c1-9(10-5-6-10)13-11-4-3-7-12(11,2)8-14/h9-11,13-14H,3-8H2,1-2H3. The molecule has 14 heavy (non-hydrogen) atoms. The van der Waals surface area contributed by atoms with Crippen molar-refractivity contribution in [3.63, 3.8) is 0 Å². The van der Waals surface area contributed by atoms with Crippen molar-refractivity contribution in [2.24, 2.45) is 11.3 Å². The van der Waals surface area contributed by atoms with E-state index in [2.05, 4.69) is 19.2 Å². The van der Waals surface area contributed by atoms with Gasteiger partial charge in [-0.3, -0.25) is 0 Å². The summed E-state index contributed by atoms with van der Waals surface area (Å²) in [6, 6.07) is 1.20. The number of rotatable bonds is 4. The summed E-state index contributed by atoms with van der Waals surface area (Å²) in [6.07, 6.45) is 6.49. The summed E-state index contributed by atoms with van der Waals surface area (Å²) in [6.45, 7) is 4.85. The highest BCUT2D eigenvalue weighted by Gasteiger charge is 2.40. The molecule has 2 nitrogen and oxygen atoms in total. The molecule has 0 aromatic rings. The van der Waals surface area contributed by atoms with E-state index >= 15 is 0 Å². The molecule has 0 radical (unpaired) electrons. The second-order valence-corrected chi connectivity index (χ2v) is 5.55. The molecule has 0 aromatic carbocycles. The molecule has 2 fully saturated rings. The third-order valence-electron chi connectivity index (χ3n) is 4.24. The fraction of sp³-hybridized carbons (Fsp3) is 1.00. The van der Waals surface area contributed by atoms with Gasteiger partial charge in [-0.15, -0.1) is 0 Å². The normalized spacial score (nSPS) is 40.1. The average molecular weight is 197 g/mol. The van der Waals surface area contributed by atoms with Crippen molar-refractivity contribution in [3.8, 4) is 0 Å².